The van der Waals surface area contributed by atoms with E-state index in [1.54, 1.807) is 0 Å². The van der Waals surface area contributed by atoms with Crippen LogP contribution in [-0.2, 0) is 32.7 Å². The smallest absolute Gasteiger partial charge is 0.462 e. The maximum Gasteiger partial charge on any atom is 0.472 e. The molecule has 1 aliphatic rings. The Kier molecular flexibility index (Phi) is 38.9. The van der Waals surface area contributed by atoms with E-state index in [1.807, 2.05) is 18.2 Å². The van der Waals surface area contributed by atoms with Gasteiger partial charge in [0.15, 0.2) is 6.10 Å². The van der Waals surface area contributed by atoms with Crippen LogP contribution in [0.1, 0.15) is 181 Å². The van der Waals surface area contributed by atoms with Gasteiger partial charge in [-0.3, -0.25) is 18.6 Å². The van der Waals surface area contributed by atoms with Gasteiger partial charge in [0.05, 0.1) is 6.61 Å². The van der Waals surface area contributed by atoms with Crippen molar-refractivity contribution in [2.45, 2.75) is 224 Å². The van der Waals surface area contributed by atoms with Crippen LogP contribution in [0, 0.1) is 0 Å². The van der Waals surface area contributed by atoms with Gasteiger partial charge in [0.25, 0.3) is 0 Å². The molecule has 6 atom stereocenters. The number of aliphatic hydroxyl groups is 5. The Morgan fingerprint density at radius 1 is 0.478 bits per heavy atom. The van der Waals surface area contributed by atoms with Gasteiger partial charge in [-0.05, 0) is 77.0 Å². The highest BCUT2D eigenvalue weighted by Gasteiger charge is 2.51. The van der Waals surface area contributed by atoms with E-state index in [4.69, 9.17) is 18.5 Å². The number of aliphatic hydroxyl groups excluding tert-OH is 5. The molecule has 0 spiro atoms. The average molecular weight is 965 g/mol. The zero-order valence-electron chi connectivity index (χ0n) is 40.9. The first kappa shape index (κ1) is 62.0. The number of hydrogen-bond acceptors (Lipinski definition) is 12. The molecule has 0 aliphatic heterocycles. The number of ether oxygens (including phenoxy) is 2. The van der Waals surface area contributed by atoms with Crippen molar-refractivity contribution in [3.8, 4) is 0 Å². The molecule has 6 N–H and O–H groups in total. The molecule has 0 aromatic carbocycles. The molecule has 1 fully saturated rings. The molecule has 13 nitrogen and oxygen atoms in total. The Bertz CT molecular complexity index is 1490. The first-order valence-electron chi connectivity index (χ1n) is 25.4. The molecule has 384 valence electrons. The quantitative estimate of drug-likeness (QED) is 0.0146. The minimum absolute atomic E-state index is 0.0326. The zero-order chi connectivity index (χ0) is 49.2. The van der Waals surface area contributed by atoms with Crippen molar-refractivity contribution in [3.05, 3.63) is 85.1 Å². The fraction of sp³-hybridized carbons (Fsp3) is 0.698. The van der Waals surface area contributed by atoms with Crippen molar-refractivity contribution in [1.29, 1.82) is 0 Å². The highest BCUT2D eigenvalue weighted by molar-refractivity contribution is 7.47. The lowest BCUT2D eigenvalue weighted by Gasteiger charge is -2.41. The maximum atomic E-state index is 12.8. The monoisotopic (exact) mass is 965 g/mol. The van der Waals surface area contributed by atoms with Crippen LogP contribution in [0.2, 0.25) is 0 Å². The summed E-state index contributed by atoms with van der Waals surface area (Å²) in [5.74, 6) is -1.20. The summed E-state index contributed by atoms with van der Waals surface area (Å²) in [6.45, 7) is 3.13. The summed E-state index contributed by atoms with van der Waals surface area (Å²) in [6.07, 6.45) is 42.1. The SMILES string of the molecule is CC/C=C\C/C=C\C/C=C\C/C=C\C/C=C\C/C=C\CCC(=O)OC(COC(=O)CCCCCCCCCCC/C=C\CCCCCCCC)COP(=O)(O)OC1C(O)C(O)C(O)C(O)C1O. The molecule has 0 bridgehead atoms. The second-order valence-electron chi connectivity index (χ2n) is 17.3. The predicted molar refractivity (Wildman–Crippen MR) is 267 cm³/mol. The van der Waals surface area contributed by atoms with Gasteiger partial charge in [-0.25, -0.2) is 4.57 Å². The van der Waals surface area contributed by atoms with Crippen molar-refractivity contribution >= 4 is 19.8 Å². The molecule has 0 radical (unpaired) electrons. The normalized spacial score (nSPS) is 21.9. The van der Waals surface area contributed by atoms with E-state index >= 15 is 0 Å². The van der Waals surface area contributed by atoms with Crippen molar-refractivity contribution < 1.29 is 63.1 Å². The second-order valence-corrected chi connectivity index (χ2v) is 18.7. The van der Waals surface area contributed by atoms with Gasteiger partial charge < -0.3 is 39.9 Å². The number of allylic oxidation sites excluding steroid dienone is 14. The zero-order valence-corrected chi connectivity index (χ0v) is 41.8. The number of hydrogen-bond donors (Lipinski definition) is 6. The number of rotatable bonds is 41. The Labute approximate surface area is 403 Å². The summed E-state index contributed by atoms with van der Waals surface area (Å²) >= 11 is 0. The molecule has 0 saturated heterocycles. The standard InChI is InChI=1S/C53H89O13P/c1-3-5-7-9-11-13-15-17-19-21-23-25-27-29-31-33-35-37-39-41-46(54)63-43-45(44-64-67(61,62)66-53-51(59)49(57)48(56)50(58)52(53)60)65-47(55)42-40-38-36-34-32-30-28-26-24-22-20-18-16-14-12-10-8-6-4-2/h6,8,12,14,17-20,24,26,30,32,36,38,45,48-53,56-60H,3-5,7,9-11,13,15-16,21-23,25,27-29,31,33-35,37,39-44H2,1-2H3,(H,61,62)/b8-6-,14-12-,19-17-,20-18-,26-24-,32-30-,38-36-. The number of carbonyl (C=O) groups is 2. The molecule has 67 heavy (non-hydrogen) atoms. The van der Waals surface area contributed by atoms with Gasteiger partial charge in [-0.1, -0.05) is 176 Å². The van der Waals surface area contributed by atoms with Gasteiger partial charge in [0, 0.05) is 12.8 Å². The molecular weight excluding hydrogens is 876 g/mol. The van der Waals surface area contributed by atoms with Gasteiger partial charge in [0.1, 0.15) is 43.2 Å². The Morgan fingerprint density at radius 2 is 0.881 bits per heavy atom. The molecule has 0 aromatic heterocycles. The highest BCUT2D eigenvalue weighted by atomic mass is 31.2. The molecule has 0 amide bonds. The predicted octanol–water partition coefficient (Wildman–Crippen LogP) is 10.8. The number of esters is 2. The molecule has 0 aromatic rings. The fourth-order valence-electron chi connectivity index (χ4n) is 7.19. The third kappa shape index (κ3) is 34.1. The van der Waals surface area contributed by atoms with Gasteiger partial charge in [-0.15, -0.1) is 0 Å². The number of phosphoric acid groups is 1. The number of phosphoric ester groups is 1. The van der Waals surface area contributed by atoms with Crippen LogP contribution in [0.25, 0.3) is 0 Å². The topological polar surface area (TPSA) is 210 Å². The van der Waals surface area contributed by atoms with Gasteiger partial charge in [-0.2, -0.15) is 0 Å². The molecule has 1 saturated carbocycles. The Balaban J connectivity index is 2.47. The maximum absolute atomic E-state index is 12.8. The summed E-state index contributed by atoms with van der Waals surface area (Å²) in [4.78, 5) is 35.8. The number of unbranched alkanes of at least 4 members (excludes halogenated alkanes) is 15. The minimum atomic E-state index is -5.15. The molecule has 1 aliphatic carbocycles. The Morgan fingerprint density at radius 3 is 1.36 bits per heavy atom. The molecule has 1 rings (SSSR count). The summed E-state index contributed by atoms with van der Waals surface area (Å²) in [5.41, 5.74) is 0. The van der Waals surface area contributed by atoms with Crippen LogP contribution in [0.15, 0.2) is 85.1 Å². The third-order valence-corrected chi connectivity index (χ3v) is 12.2. The second kappa shape index (κ2) is 42.0. The van der Waals surface area contributed by atoms with E-state index in [1.165, 1.54) is 70.6 Å². The fourth-order valence-corrected chi connectivity index (χ4v) is 8.16. The lowest BCUT2D eigenvalue weighted by Crippen LogP contribution is -2.64. The Hall–Kier alpha value is -2.97. The van der Waals surface area contributed by atoms with Gasteiger partial charge in [0.2, 0.25) is 0 Å². The van der Waals surface area contributed by atoms with Crippen LogP contribution in [-0.4, -0.2) is 98.3 Å². The largest absolute Gasteiger partial charge is 0.472 e. The molecular formula is C53H89O13P. The van der Waals surface area contributed by atoms with E-state index in [9.17, 15) is 44.6 Å². The molecule has 6 unspecified atom stereocenters. The summed E-state index contributed by atoms with van der Waals surface area (Å²) < 4.78 is 33.5. The van der Waals surface area contributed by atoms with E-state index < -0.39 is 75.7 Å². The highest BCUT2D eigenvalue weighted by Crippen LogP contribution is 2.47. The van der Waals surface area contributed by atoms with E-state index in [-0.39, 0.29) is 12.8 Å². The lowest BCUT2D eigenvalue weighted by atomic mass is 9.85. The van der Waals surface area contributed by atoms with E-state index in [0.29, 0.717) is 19.3 Å². The first-order valence-corrected chi connectivity index (χ1v) is 26.9. The van der Waals surface area contributed by atoms with Crippen molar-refractivity contribution in [2.24, 2.45) is 0 Å². The third-order valence-electron chi connectivity index (χ3n) is 11.2. The minimum Gasteiger partial charge on any atom is -0.462 e. The van der Waals surface area contributed by atoms with Crippen molar-refractivity contribution in [2.75, 3.05) is 13.2 Å². The van der Waals surface area contributed by atoms with E-state index in [2.05, 4.69) is 80.7 Å². The summed E-state index contributed by atoms with van der Waals surface area (Å²) in [5, 5.41) is 50.2. The number of carbonyl (C=O) groups excluding carboxylic acids is 2. The lowest BCUT2D eigenvalue weighted by molar-refractivity contribution is -0.220. The summed E-state index contributed by atoms with van der Waals surface area (Å²) in [6, 6.07) is 0. The van der Waals surface area contributed by atoms with Crippen molar-refractivity contribution in [1.82, 2.24) is 0 Å². The molecule has 14 heteroatoms. The van der Waals surface area contributed by atoms with Gasteiger partial charge >= 0.3 is 19.8 Å². The van der Waals surface area contributed by atoms with E-state index in [0.717, 1.165) is 64.2 Å². The van der Waals surface area contributed by atoms with Crippen LogP contribution in [0.4, 0.5) is 0 Å². The van der Waals surface area contributed by atoms with Crippen LogP contribution in [0.5, 0.6) is 0 Å². The summed E-state index contributed by atoms with van der Waals surface area (Å²) in [7, 11) is -5.15. The first-order chi connectivity index (χ1) is 32.4. The van der Waals surface area contributed by atoms with Crippen LogP contribution >= 0.6 is 7.82 Å². The average Bonchev–Trinajstić information content (AvgIpc) is 3.31. The van der Waals surface area contributed by atoms with Crippen LogP contribution in [0.3, 0.4) is 0 Å². The van der Waals surface area contributed by atoms with Crippen molar-refractivity contribution in [3.63, 3.8) is 0 Å². The molecule has 0 heterocycles. The van der Waals surface area contributed by atoms with Crippen LogP contribution < -0.4 is 0 Å².